The Morgan fingerprint density at radius 2 is 2.12 bits per heavy atom. The number of benzene rings is 1. The molecule has 4 aromatic rings. The molecule has 0 saturated carbocycles. The number of aromatic amines is 1. The summed E-state index contributed by atoms with van der Waals surface area (Å²) in [5.41, 5.74) is 3.09. The van der Waals surface area contributed by atoms with Crippen LogP contribution in [0.4, 0.5) is 0 Å². The Balaban J connectivity index is 1.54. The number of nitrogens with zero attached hydrogens (tertiary/aromatic N) is 3. The fraction of sp³-hybridized carbons (Fsp3) is 0.118. The highest BCUT2D eigenvalue weighted by atomic mass is 35.5. The van der Waals surface area contributed by atoms with Crippen molar-refractivity contribution in [1.82, 2.24) is 20.2 Å². The van der Waals surface area contributed by atoms with E-state index in [4.69, 9.17) is 11.6 Å². The molecule has 4 nitrogen and oxygen atoms in total. The maximum atomic E-state index is 6.34. The number of thiophene rings is 1. The molecular formula is C17H13ClN4S2. The largest absolute Gasteiger partial charge is 0.257 e. The number of hydrogen-bond acceptors (Lipinski definition) is 5. The van der Waals surface area contributed by atoms with Gasteiger partial charge >= 0.3 is 0 Å². The summed E-state index contributed by atoms with van der Waals surface area (Å²) < 4.78 is 0. The van der Waals surface area contributed by atoms with Crippen molar-refractivity contribution in [2.75, 3.05) is 0 Å². The molecule has 120 valence electrons. The monoisotopic (exact) mass is 372 g/mol. The highest BCUT2D eigenvalue weighted by Gasteiger charge is 2.10. The number of rotatable bonds is 4. The van der Waals surface area contributed by atoms with Gasteiger partial charge in [0.15, 0.2) is 5.82 Å². The van der Waals surface area contributed by atoms with Crippen molar-refractivity contribution < 1.29 is 0 Å². The molecule has 0 aliphatic rings. The maximum absolute atomic E-state index is 6.34. The Bertz CT molecular complexity index is 995. The first-order valence-corrected chi connectivity index (χ1v) is 9.58. The number of H-pyrrole nitrogens is 1. The first kappa shape index (κ1) is 15.6. The third kappa shape index (κ3) is 3.17. The van der Waals surface area contributed by atoms with E-state index in [9.17, 15) is 0 Å². The number of aryl methyl sites for hydroxylation is 1. The maximum Gasteiger partial charge on any atom is 0.209 e. The summed E-state index contributed by atoms with van der Waals surface area (Å²) >= 11 is 9.52. The van der Waals surface area contributed by atoms with Crippen LogP contribution in [0.3, 0.4) is 0 Å². The van der Waals surface area contributed by atoms with Crippen LogP contribution in [0.25, 0.3) is 21.6 Å². The number of hydrogen-bond donors (Lipinski definition) is 1. The Labute approximate surface area is 152 Å². The van der Waals surface area contributed by atoms with E-state index in [0.717, 1.165) is 27.2 Å². The van der Waals surface area contributed by atoms with E-state index in [0.29, 0.717) is 16.1 Å². The molecular weight excluding hydrogens is 360 g/mol. The van der Waals surface area contributed by atoms with Crippen LogP contribution >= 0.6 is 34.7 Å². The lowest BCUT2D eigenvalue weighted by Gasteiger charge is -2.05. The molecule has 1 aromatic carbocycles. The van der Waals surface area contributed by atoms with E-state index in [1.54, 1.807) is 23.1 Å². The van der Waals surface area contributed by atoms with Crippen LogP contribution in [0.1, 0.15) is 11.1 Å². The fourth-order valence-corrected chi connectivity index (χ4v) is 4.10. The summed E-state index contributed by atoms with van der Waals surface area (Å²) in [5.74, 6) is 1.47. The summed E-state index contributed by atoms with van der Waals surface area (Å²) in [6, 6.07) is 12.3. The lowest BCUT2D eigenvalue weighted by atomic mass is 10.1. The zero-order valence-corrected chi connectivity index (χ0v) is 15.2. The van der Waals surface area contributed by atoms with Gasteiger partial charge in [-0.25, -0.2) is 9.97 Å². The Morgan fingerprint density at radius 1 is 1.21 bits per heavy atom. The van der Waals surface area contributed by atoms with E-state index >= 15 is 0 Å². The molecule has 0 spiro atoms. The number of nitrogens with one attached hydrogen (secondary N) is 1. The average Bonchev–Trinajstić information content (AvgIpc) is 3.24. The van der Waals surface area contributed by atoms with Crippen LogP contribution in [-0.2, 0) is 5.75 Å². The van der Waals surface area contributed by atoms with E-state index < -0.39 is 0 Å². The standard InChI is InChI=1S/C17H13ClN4S2/c1-10-4-5-11-8-12(15(18)19-13(11)7-10)9-24-17-20-16(21-22-17)14-3-2-6-23-14/h2-8H,9H2,1H3,(H,20,21,22). The van der Waals surface area contributed by atoms with E-state index in [-0.39, 0.29) is 0 Å². The summed E-state index contributed by atoms with van der Waals surface area (Å²) in [4.78, 5) is 10.1. The number of thioether (sulfide) groups is 1. The van der Waals surface area contributed by atoms with Gasteiger partial charge in [0.25, 0.3) is 0 Å². The molecule has 0 bridgehead atoms. The minimum absolute atomic E-state index is 0.537. The molecule has 0 amide bonds. The molecule has 3 heterocycles. The van der Waals surface area contributed by atoms with Gasteiger partial charge in [-0.1, -0.05) is 41.6 Å². The summed E-state index contributed by atoms with van der Waals surface area (Å²) in [6.07, 6.45) is 0. The average molecular weight is 373 g/mol. The van der Waals surface area contributed by atoms with E-state index in [1.807, 2.05) is 30.5 Å². The third-order valence-corrected chi connectivity index (χ3v) is 5.68. The molecule has 0 atom stereocenters. The molecule has 0 saturated heterocycles. The predicted molar refractivity (Wildman–Crippen MR) is 101 cm³/mol. The van der Waals surface area contributed by atoms with Crippen molar-refractivity contribution in [3.63, 3.8) is 0 Å². The third-order valence-electron chi connectivity index (χ3n) is 3.58. The number of pyridine rings is 1. The van der Waals surface area contributed by atoms with Gasteiger partial charge in [-0.3, -0.25) is 5.10 Å². The van der Waals surface area contributed by atoms with Crippen molar-refractivity contribution in [2.24, 2.45) is 0 Å². The molecule has 1 N–H and O–H groups in total. The summed E-state index contributed by atoms with van der Waals surface area (Å²) in [7, 11) is 0. The van der Waals surface area contributed by atoms with Crippen molar-refractivity contribution >= 4 is 45.6 Å². The first-order chi connectivity index (χ1) is 11.7. The Kier molecular flexibility index (Phi) is 4.26. The molecule has 0 unspecified atom stereocenters. The smallest absolute Gasteiger partial charge is 0.209 e. The minimum Gasteiger partial charge on any atom is -0.257 e. The Hall–Kier alpha value is -1.89. The number of fused-ring (bicyclic) bond motifs is 1. The normalized spacial score (nSPS) is 11.2. The SMILES string of the molecule is Cc1ccc2cc(CSc3n[nH]c(-c4cccs4)n3)c(Cl)nc2c1. The summed E-state index contributed by atoms with van der Waals surface area (Å²) in [6.45, 7) is 2.05. The van der Waals surface area contributed by atoms with E-state index in [1.165, 1.54) is 5.56 Å². The molecule has 4 rings (SSSR count). The van der Waals surface area contributed by atoms with Crippen molar-refractivity contribution in [2.45, 2.75) is 17.8 Å². The fourth-order valence-electron chi connectivity index (χ4n) is 2.38. The lowest BCUT2D eigenvalue weighted by molar-refractivity contribution is 0.973. The zero-order valence-electron chi connectivity index (χ0n) is 12.8. The second-order valence-corrected chi connectivity index (χ2v) is 7.62. The minimum atomic E-state index is 0.537. The number of aromatic nitrogens is 4. The van der Waals surface area contributed by atoms with Crippen LogP contribution < -0.4 is 0 Å². The van der Waals surface area contributed by atoms with Crippen LogP contribution in [-0.4, -0.2) is 20.2 Å². The van der Waals surface area contributed by atoms with Gasteiger partial charge in [0.2, 0.25) is 5.16 Å². The second-order valence-electron chi connectivity index (χ2n) is 5.37. The molecule has 3 aromatic heterocycles. The van der Waals surface area contributed by atoms with Crippen LogP contribution in [0, 0.1) is 6.92 Å². The van der Waals surface area contributed by atoms with Crippen molar-refractivity contribution in [3.05, 3.63) is 58.1 Å². The van der Waals surface area contributed by atoms with Gasteiger partial charge in [-0.15, -0.1) is 16.4 Å². The van der Waals surface area contributed by atoms with Gasteiger partial charge < -0.3 is 0 Å². The van der Waals surface area contributed by atoms with Gasteiger partial charge in [0, 0.05) is 16.7 Å². The summed E-state index contributed by atoms with van der Waals surface area (Å²) in [5, 5.41) is 11.6. The quantitative estimate of drug-likeness (QED) is 0.388. The van der Waals surface area contributed by atoms with Crippen molar-refractivity contribution in [1.29, 1.82) is 0 Å². The van der Waals surface area contributed by atoms with Gasteiger partial charge in [0.05, 0.1) is 10.4 Å². The molecule has 7 heteroatoms. The molecule has 0 fully saturated rings. The number of halogens is 1. The van der Waals surface area contributed by atoms with Gasteiger partial charge in [-0.05, 0) is 36.1 Å². The lowest BCUT2D eigenvalue weighted by Crippen LogP contribution is -1.90. The van der Waals surface area contributed by atoms with Crippen molar-refractivity contribution in [3.8, 4) is 10.7 Å². The van der Waals surface area contributed by atoms with Gasteiger partial charge in [-0.2, -0.15) is 0 Å². The molecule has 0 aliphatic carbocycles. The first-order valence-electron chi connectivity index (χ1n) is 7.34. The molecule has 0 aliphatic heterocycles. The highest BCUT2D eigenvalue weighted by molar-refractivity contribution is 7.98. The second kappa shape index (κ2) is 6.55. The highest BCUT2D eigenvalue weighted by Crippen LogP contribution is 2.28. The van der Waals surface area contributed by atoms with Gasteiger partial charge in [0.1, 0.15) is 5.15 Å². The Morgan fingerprint density at radius 3 is 2.96 bits per heavy atom. The molecule has 24 heavy (non-hydrogen) atoms. The predicted octanol–water partition coefficient (Wildman–Crippen LogP) is 5.34. The molecule has 0 radical (unpaired) electrons. The van der Waals surface area contributed by atoms with Crippen LogP contribution in [0.5, 0.6) is 0 Å². The zero-order chi connectivity index (χ0) is 16.5. The topological polar surface area (TPSA) is 54.5 Å². The van der Waals surface area contributed by atoms with Crippen LogP contribution in [0.15, 0.2) is 46.9 Å². The van der Waals surface area contributed by atoms with Crippen LogP contribution in [0.2, 0.25) is 5.15 Å². The van der Waals surface area contributed by atoms with E-state index in [2.05, 4.69) is 38.4 Å².